The monoisotopic (exact) mass is 404 g/mol. The van der Waals surface area contributed by atoms with Crippen molar-refractivity contribution < 1.29 is 14.3 Å². The standard InChI is InChI=1S/C23H24N4O3/c1-23(2,3)30-22(29)27-13-11-17-18(21(27)28)20(25-16-9-5-4-6-10-16)19(26-17)15-8-7-12-24-14-15/h4-10,12,14,25-26H,11,13H2,1-3H3. The number of imide groups is 1. The molecule has 0 unspecified atom stereocenters. The number of nitrogens with zero attached hydrogens (tertiary/aromatic N) is 2. The lowest BCUT2D eigenvalue weighted by atomic mass is 10.0. The van der Waals surface area contributed by atoms with Crippen LogP contribution in [0.25, 0.3) is 11.3 Å². The average molecular weight is 404 g/mol. The van der Waals surface area contributed by atoms with E-state index in [2.05, 4.69) is 15.3 Å². The zero-order valence-electron chi connectivity index (χ0n) is 17.2. The summed E-state index contributed by atoms with van der Waals surface area (Å²) in [5.74, 6) is -0.379. The SMILES string of the molecule is CC(C)(C)OC(=O)N1CCc2[nH]c(-c3cccnc3)c(Nc3ccccc3)c2C1=O. The summed E-state index contributed by atoms with van der Waals surface area (Å²) in [6.45, 7) is 5.61. The second-order valence-corrected chi connectivity index (χ2v) is 8.15. The van der Waals surface area contributed by atoms with Crippen molar-refractivity contribution in [2.45, 2.75) is 32.8 Å². The summed E-state index contributed by atoms with van der Waals surface area (Å²) in [5, 5.41) is 3.36. The van der Waals surface area contributed by atoms with Crippen LogP contribution in [0.2, 0.25) is 0 Å². The Bertz CT molecular complexity index is 1070. The quantitative estimate of drug-likeness (QED) is 0.658. The Labute approximate surface area is 175 Å². The van der Waals surface area contributed by atoms with Crippen molar-refractivity contribution in [1.29, 1.82) is 0 Å². The minimum absolute atomic E-state index is 0.262. The first-order valence-corrected chi connectivity index (χ1v) is 9.85. The highest BCUT2D eigenvalue weighted by molar-refractivity contribution is 6.11. The highest BCUT2D eigenvalue weighted by atomic mass is 16.6. The number of ether oxygens (including phenoxy) is 1. The van der Waals surface area contributed by atoms with E-state index in [9.17, 15) is 9.59 Å². The number of H-pyrrole nitrogens is 1. The molecule has 0 atom stereocenters. The lowest BCUT2D eigenvalue weighted by Gasteiger charge is -2.29. The molecule has 0 radical (unpaired) electrons. The van der Waals surface area contributed by atoms with E-state index in [1.807, 2.05) is 42.5 Å². The smallest absolute Gasteiger partial charge is 0.417 e. The molecule has 1 aromatic carbocycles. The molecule has 3 aromatic rings. The van der Waals surface area contributed by atoms with Crippen LogP contribution in [-0.2, 0) is 11.2 Å². The van der Waals surface area contributed by atoms with Crippen molar-refractivity contribution in [3.63, 3.8) is 0 Å². The van der Waals surface area contributed by atoms with Crippen LogP contribution >= 0.6 is 0 Å². The topological polar surface area (TPSA) is 87.3 Å². The highest BCUT2D eigenvalue weighted by Gasteiger charge is 2.36. The number of anilines is 2. The third kappa shape index (κ3) is 3.91. The molecule has 1 aliphatic rings. The van der Waals surface area contributed by atoms with Crippen LogP contribution in [0.4, 0.5) is 16.2 Å². The number of hydrogen-bond donors (Lipinski definition) is 2. The lowest BCUT2D eigenvalue weighted by molar-refractivity contribution is 0.0233. The Morgan fingerprint density at radius 2 is 1.93 bits per heavy atom. The number of carbonyl (C=O) groups is 2. The van der Waals surface area contributed by atoms with Gasteiger partial charge >= 0.3 is 6.09 Å². The number of rotatable bonds is 3. The molecule has 0 bridgehead atoms. The number of pyridine rings is 1. The van der Waals surface area contributed by atoms with E-state index < -0.39 is 11.7 Å². The minimum atomic E-state index is -0.679. The van der Waals surface area contributed by atoms with Crippen LogP contribution in [-0.4, -0.2) is 39.0 Å². The van der Waals surface area contributed by atoms with Gasteiger partial charge < -0.3 is 15.0 Å². The van der Waals surface area contributed by atoms with Gasteiger partial charge in [-0.25, -0.2) is 9.69 Å². The minimum Gasteiger partial charge on any atom is -0.443 e. The molecule has 1 aliphatic heterocycles. The number of amides is 2. The Balaban J connectivity index is 1.77. The van der Waals surface area contributed by atoms with Crippen LogP contribution in [0, 0.1) is 0 Å². The Kier molecular flexibility index (Phi) is 5.03. The lowest BCUT2D eigenvalue weighted by Crippen LogP contribution is -2.44. The summed E-state index contributed by atoms with van der Waals surface area (Å²) in [4.78, 5) is 34.7. The van der Waals surface area contributed by atoms with Gasteiger partial charge in [0.2, 0.25) is 0 Å². The number of aromatic nitrogens is 2. The zero-order valence-corrected chi connectivity index (χ0v) is 17.2. The van der Waals surface area contributed by atoms with Gasteiger partial charge in [0.15, 0.2) is 0 Å². The van der Waals surface area contributed by atoms with E-state index in [1.54, 1.807) is 33.2 Å². The fraction of sp³-hybridized carbons (Fsp3) is 0.261. The first kappa shape index (κ1) is 19.7. The Hall–Kier alpha value is -3.61. The molecular formula is C23H24N4O3. The predicted octanol–water partition coefficient (Wildman–Crippen LogP) is 4.75. The maximum absolute atomic E-state index is 13.3. The summed E-state index contributed by atoms with van der Waals surface area (Å²) in [7, 11) is 0. The molecule has 3 heterocycles. The van der Waals surface area contributed by atoms with Gasteiger partial charge in [0, 0.05) is 42.3 Å². The molecular weight excluding hydrogens is 380 g/mol. The van der Waals surface area contributed by atoms with Crippen molar-refractivity contribution in [2.24, 2.45) is 0 Å². The van der Waals surface area contributed by atoms with E-state index in [-0.39, 0.29) is 12.5 Å². The van der Waals surface area contributed by atoms with E-state index in [1.165, 1.54) is 4.90 Å². The number of carbonyl (C=O) groups excluding carboxylic acids is 2. The van der Waals surface area contributed by atoms with Crippen LogP contribution in [0.1, 0.15) is 36.8 Å². The number of nitrogens with one attached hydrogen (secondary N) is 2. The maximum atomic E-state index is 13.3. The molecule has 4 rings (SSSR count). The first-order valence-electron chi connectivity index (χ1n) is 9.85. The van der Waals surface area contributed by atoms with Gasteiger partial charge in [-0.15, -0.1) is 0 Å². The molecule has 0 saturated carbocycles. The summed E-state index contributed by atoms with van der Waals surface area (Å²) in [6.07, 6.45) is 3.33. The molecule has 30 heavy (non-hydrogen) atoms. The van der Waals surface area contributed by atoms with E-state index >= 15 is 0 Å². The molecule has 0 saturated heterocycles. The maximum Gasteiger partial charge on any atom is 0.417 e. The van der Waals surface area contributed by atoms with Gasteiger partial charge in [-0.1, -0.05) is 18.2 Å². The Morgan fingerprint density at radius 3 is 2.60 bits per heavy atom. The van der Waals surface area contributed by atoms with Gasteiger partial charge in [-0.3, -0.25) is 9.78 Å². The van der Waals surface area contributed by atoms with E-state index in [0.717, 1.165) is 22.6 Å². The molecule has 154 valence electrons. The van der Waals surface area contributed by atoms with Gasteiger partial charge in [0.05, 0.1) is 16.9 Å². The van der Waals surface area contributed by atoms with Crippen molar-refractivity contribution in [3.8, 4) is 11.3 Å². The number of aromatic amines is 1. The molecule has 0 spiro atoms. The normalized spacial score (nSPS) is 13.7. The van der Waals surface area contributed by atoms with Crippen molar-refractivity contribution in [2.75, 3.05) is 11.9 Å². The number of hydrogen-bond acceptors (Lipinski definition) is 5. The summed E-state index contributed by atoms with van der Waals surface area (Å²) < 4.78 is 5.44. The summed E-state index contributed by atoms with van der Waals surface area (Å²) >= 11 is 0. The largest absolute Gasteiger partial charge is 0.443 e. The number of fused-ring (bicyclic) bond motifs is 1. The highest BCUT2D eigenvalue weighted by Crippen LogP contribution is 2.38. The van der Waals surface area contributed by atoms with Crippen LogP contribution in [0.5, 0.6) is 0 Å². The number of para-hydroxylation sites is 1. The molecule has 7 nitrogen and oxygen atoms in total. The molecule has 2 N–H and O–H groups in total. The first-order chi connectivity index (χ1) is 14.3. The van der Waals surface area contributed by atoms with Gasteiger partial charge in [-0.05, 0) is 45.0 Å². The van der Waals surface area contributed by atoms with Crippen molar-refractivity contribution in [3.05, 3.63) is 66.1 Å². The molecule has 0 aliphatic carbocycles. The third-order valence-corrected chi connectivity index (χ3v) is 4.73. The second kappa shape index (κ2) is 7.67. The molecule has 0 fully saturated rings. The summed E-state index contributed by atoms with van der Waals surface area (Å²) in [6, 6.07) is 13.4. The van der Waals surface area contributed by atoms with Crippen LogP contribution in [0.15, 0.2) is 54.9 Å². The summed E-state index contributed by atoms with van der Waals surface area (Å²) in [5.41, 5.74) is 3.64. The fourth-order valence-corrected chi connectivity index (χ4v) is 3.44. The Morgan fingerprint density at radius 1 is 1.17 bits per heavy atom. The van der Waals surface area contributed by atoms with Crippen molar-refractivity contribution >= 4 is 23.4 Å². The van der Waals surface area contributed by atoms with E-state index in [4.69, 9.17) is 4.74 Å². The molecule has 2 amide bonds. The van der Waals surface area contributed by atoms with Gasteiger partial charge in [0.25, 0.3) is 5.91 Å². The van der Waals surface area contributed by atoms with E-state index in [0.29, 0.717) is 17.7 Å². The molecule has 2 aromatic heterocycles. The van der Waals surface area contributed by atoms with Gasteiger partial charge in [-0.2, -0.15) is 0 Å². The average Bonchev–Trinajstić information content (AvgIpc) is 3.07. The third-order valence-electron chi connectivity index (χ3n) is 4.73. The second-order valence-electron chi connectivity index (χ2n) is 8.15. The number of benzene rings is 1. The van der Waals surface area contributed by atoms with Crippen LogP contribution in [0.3, 0.4) is 0 Å². The predicted molar refractivity (Wildman–Crippen MR) is 115 cm³/mol. The van der Waals surface area contributed by atoms with Crippen molar-refractivity contribution in [1.82, 2.24) is 14.9 Å². The zero-order chi connectivity index (χ0) is 21.3. The van der Waals surface area contributed by atoms with Gasteiger partial charge in [0.1, 0.15) is 5.60 Å². The van der Waals surface area contributed by atoms with Crippen LogP contribution < -0.4 is 5.32 Å². The molecule has 7 heteroatoms. The fourth-order valence-electron chi connectivity index (χ4n) is 3.44.